The Morgan fingerprint density at radius 1 is 1.42 bits per heavy atom. The largest absolute Gasteiger partial charge is 0.294 e. The van der Waals surface area contributed by atoms with E-state index < -0.39 is 0 Å². The van der Waals surface area contributed by atoms with Gasteiger partial charge in [0.25, 0.3) is 0 Å². The first-order valence-corrected chi connectivity index (χ1v) is 4.25. The van der Waals surface area contributed by atoms with E-state index in [0.717, 1.165) is 6.42 Å². The minimum atomic E-state index is 0.0640. The maximum Gasteiger partial charge on any atom is 0.166 e. The molecule has 1 aromatic carbocycles. The first-order chi connectivity index (χ1) is 5.74. The summed E-state index contributed by atoms with van der Waals surface area (Å²) in [5.74, 6) is 0.0640. The van der Waals surface area contributed by atoms with Crippen molar-refractivity contribution in [2.45, 2.75) is 13.3 Å². The highest BCUT2D eigenvalue weighted by atomic mass is 35.5. The molecule has 0 aromatic heterocycles. The zero-order valence-electron chi connectivity index (χ0n) is 6.88. The van der Waals surface area contributed by atoms with E-state index >= 15 is 0 Å². The molecule has 1 nitrogen and oxygen atoms in total. The van der Waals surface area contributed by atoms with Gasteiger partial charge in [0.2, 0.25) is 0 Å². The average Bonchev–Trinajstić information content (AvgIpc) is 2.06. The van der Waals surface area contributed by atoms with Gasteiger partial charge < -0.3 is 0 Å². The summed E-state index contributed by atoms with van der Waals surface area (Å²) in [5, 5.41) is 0.656. The summed E-state index contributed by atoms with van der Waals surface area (Å²) < 4.78 is 0. The molecule has 0 saturated heterocycles. The van der Waals surface area contributed by atoms with E-state index in [1.165, 1.54) is 0 Å². The Balaban J connectivity index is 2.75. The number of hydrogen-bond acceptors (Lipinski definition) is 1. The highest BCUT2D eigenvalue weighted by molar-refractivity contribution is 6.30. The van der Waals surface area contributed by atoms with Gasteiger partial charge in [0.05, 0.1) is 0 Å². The molecule has 0 aliphatic carbocycles. The van der Waals surface area contributed by atoms with Crippen molar-refractivity contribution in [3.05, 3.63) is 41.3 Å². The van der Waals surface area contributed by atoms with Crippen molar-refractivity contribution in [1.82, 2.24) is 0 Å². The van der Waals surface area contributed by atoms with Crippen LogP contribution in [0.5, 0.6) is 0 Å². The Kier molecular flexibility index (Phi) is 3.30. The monoisotopic (exact) mass is 181 g/mol. The molecule has 1 radical (unpaired) electrons. The van der Waals surface area contributed by atoms with E-state index in [1.807, 2.05) is 6.92 Å². The fourth-order valence-corrected chi connectivity index (χ4v) is 1.04. The van der Waals surface area contributed by atoms with Crippen LogP contribution in [0.3, 0.4) is 0 Å². The topological polar surface area (TPSA) is 17.1 Å². The van der Waals surface area contributed by atoms with E-state index in [4.69, 9.17) is 11.6 Å². The van der Waals surface area contributed by atoms with Crippen molar-refractivity contribution in [1.29, 1.82) is 0 Å². The van der Waals surface area contributed by atoms with Gasteiger partial charge in [0, 0.05) is 17.0 Å². The lowest BCUT2D eigenvalue weighted by Gasteiger charge is -1.97. The predicted molar refractivity (Wildman–Crippen MR) is 50.4 cm³/mol. The second-order valence-corrected chi connectivity index (χ2v) is 2.92. The summed E-state index contributed by atoms with van der Waals surface area (Å²) in [5.41, 5.74) is 0.696. The summed E-state index contributed by atoms with van der Waals surface area (Å²) in [7, 11) is 0. The number of hydrogen-bond donors (Lipinski definition) is 0. The first kappa shape index (κ1) is 9.27. The Labute approximate surface area is 77.4 Å². The number of carbonyl (C=O) groups is 1. The third-order valence-corrected chi connectivity index (χ3v) is 1.77. The second-order valence-electron chi connectivity index (χ2n) is 2.48. The van der Waals surface area contributed by atoms with E-state index in [0.29, 0.717) is 10.6 Å². The third kappa shape index (κ3) is 2.35. The minimum Gasteiger partial charge on any atom is -0.294 e. The van der Waals surface area contributed by atoms with Crippen molar-refractivity contribution in [3.63, 3.8) is 0 Å². The number of ketones is 1. The SMILES string of the molecule is CC[CH]C(=O)c1ccc(Cl)cc1. The molecule has 0 aliphatic rings. The van der Waals surface area contributed by atoms with Crippen molar-refractivity contribution in [2.24, 2.45) is 0 Å². The average molecular weight is 182 g/mol. The Morgan fingerprint density at radius 3 is 2.50 bits per heavy atom. The van der Waals surface area contributed by atoms with E-state index in [2.05, 4.69) is 0 Å². The lowest BCUT2D eigenvalue weighted by atomic mass is 10.1. The fourth-order valence-electron chi connectivity index (χ4n) is 0.917. The van der Waals surface area contributed by atoms with E-state index in [9.17, 15) is 4.79 Å². The summed E-state index contributed by atoms with van der Waals surface area (Å²) in [4.78, 5) is 11.3. The van der Waals surface area contributed by atoms with Gasteiger partial charge >= 0.3 is 0 Å². The maximum atomic E-state index is 11.3. The van der Waals surface area contributed by atoms with Crippen LogP contribution in [0.15, 0.2) is 24.3 Å². The van der Waals surface area contributed by atoms with Crippen molar-refractivity contribution in [3.8, 4) is 0 Å². The third-order valence-electron chi connectivity index (χ3n) is 1.52. The summed E-state index contributed by atoms with van der Waals surface area (Å²) in [6.45, 7) is 1.94. The highest BCUT2D eigenvalue weighted by Gasteiger charge is 2.03. The number of rotatable bonds is 3. The Hall–Kier alpha value is -0.820. The van der Waals surface area contributed by atoms with Gasteiger partial charge in [-0.15, -0.1) is 0 Å². The molecule has 0 N–H and O–H groups in total. The molecule has 12 heavy (non-hydrogen) atoms. The molecule has 0 bridgehead atoms. The lowest BCUT2D eigenvalue weighted by molar-refractivity contribution is 0.102. The normalized spacial score (nSPS) is 9.83. The predicted octanol–water partition coefficient (Wildman–Crippen LogP) is 3.14. The molecule has 0 unspecified atom stereocenters. The maximum absolute atomic E-state index is 11.3. The standard InChI is InChI=1S/C10H10ClO/c1-2-3-10(12)8-4-6-9(11)7-5-8/h3-7H,2H2,1H3. The molecule has 0 fully saturated rings. The molecular weight excluding hydrogens is 172 g/mol. The van der Waals surface area contributed by atoms with E-state index in [1.54, 1.807) is 30.7 Å². The van der Waals surface area contributed by atoms with Crippen molar-refractivity contribution in [2.75, 3.05) is 0 Å². The van der Waals surface area contributed by atoms with Gasteiger partial charge in [-0.1, -0.05) is 18.5 Å². The number of Topliss-reactive ketones (excluding diaryl/α,β-unsaturated/α-hetero) is 1. The molecule has 0 heterocycles. The van der Waals surface area contributed by atoms with Crippen molar-refractivity contribution < 1.29 is 4.79 Å². The zero-order chi connectivity index (χ0) is 8.97. The van der Waals surface area contributed by atoms with Crippen LogP contribution >= 0.6 is 11.6 Å². The zero-order valence-corrected chi connectivity index (χ0v) is 7.64. The Morgan fingerprint density at radius 2 is 2.00 bits per heavy atom. The highest BCUT2D eigenvalue weighted by Crippen LogP contribution is 2.11. The van der Waals surface area contributed by atoms with Crippen LogP contribution in [0.25, 0.3) is 0 Å². The van der Waals surface area contributed by atoms with Crippen LogP contribution < -0.4 is 0 Å². The number of halogens is 1. The second kappa shape index (κ2) is 4.27. The minimum absolute atomic E-state index is 0.0640. The summed E-state index contributed by atoms with van der Waals surface area (Å²) in [6.07, 6.45) is 2.42. The lowest BCUT2D eigenvalue weighted by Crippen LogP contribution is -1.97. The molecular formula is C10H10ClO. The fraction of sp³-hybridized carbons (Fsp3) is 0.200. The number of carbonyl (C=O) groups excluding carboxylic acids is 1. The van der Waals surface area contributed by atoms with Crippen LogP contribution in [-0.4, -0.2) is 5.78 Å². The van der Waals surface area contributed by atoms with Gasteiger partial charge in [-0.2, -0.15) is 0 Å². The van der Waals surface area contributed by atoms with Crippen LogP contribution in [0.1, 0.15) is 23.7 Å². The van der Waals surface area contributed by atoms with Gasteiger partial charge in [-0.25, -0.2) is 0 Å². The molecule has 63 valence electrons. The molecule has 0 aliphatic heterocycles. The molecule has 1 rings (SSSR count). The van der Waals surface area contributed by atoms with Gasteiger partial charge in [-0.05, 0) is 30.7 Å². The van der Waals surface area contributed by atoms with Gasteiger partial charge in [0.15, 0.2) is 5.78 Å². The number of benzene rings is 1. The first-order valence-electron chi connectivity index (χ1n) is 3.87. The summed E-state index contributed by atoms with van der Waals surface area (Å²) in [6, 6.07) is 6.91. The van der Waals surface area contributed by atoms with Crippen molar-refractivity contribution >= 4 is 17.4 Å². The Bertz CT molecular complexity index is 264. The molecule has 0 amide bonds. The van der Waals surface area contributed by atoms with Crippen LogP contribution in [0, 0.1) is 6.42 Å². The van der Waals surface area contributed by atoms with Crippen LogP contribution in [0.4, 0.5) is 0 Å². The van der Waals surface area contributed by atoms with Gasteiger partial charge in [0.1, 0.15) is 0 Å². The smallest absolute Gasteiger partial charge is 0.166 e. The summed E-state index contributed by atoms with van der Waals surface area (Å²) >= 11 is 5.67. The van der Waals surface area contributed by atoms with E-state index in [-0.39, 0.29) is 5.78 Å². The molecule has 0 saturated carbocycles. The van der Waals surface area contributed by atoms with Crippen LogP contribution in [0.2, 0.25) is 5.02 Å². The quantitative estimate of drug-likeness (QED) is 0.655. The van der Waals surface area contributed by atoms with Gasteiger partial charge in [-0.3, -0.25) is 4.79 Å². The van der Waals surface area contributed by atoms with Crippen LogP contribution in [-0.2, 0) is 0 Å². The molecule has 1 aromatic rings. The molecule has 0 atom stereocenters. The molecule has 2 heteroatoms. The molecule has 0 spiro atoms.